The number of nitrogens with zero attached hydrogens (tertiary/aromatic N) is 1. The molecular weight excluding hydrogens is 304 g/mol. The zero-order chi connectivity index (χ0) is 17.5. The first-order valence-corrected chi connectivity index (χ1v) is 7.85. The molecule has 0 spiro atoms. The zero-order valence-corrected chi connectivity index (χ0v) is 14.1. The number of aromatic nitrogens is 1. The van der Waals surface area contributed by atoms with Gasteiger partial charge in [0.1, 0.15) is 0 Å². The number of pyridine rings is 1. The van der Waals surface area contributed by atoms with Crippen LogP contribution in [0.4, 0.5) is 10.5 Å². The molecule has 1 atom stereocenters. The van der Waals surface area contributed by atoms with Crippen molar-refractivity contribution in [1.82, 2.24) is 15.6 Å². The lowest BCUT2D eigenvalue weighted by Crippen LogP contribution is -2.32. The maximum atomic E-state index is 12.3. The Balaban J connectivity index is 2.10. The van der Waals surface area contributed by atoms with Crippen molar-refractivity contribution in [2.24, 2.45) is 0 Å². The number of benzene rings is 1. The van der Waals surface area contributed by atoms with Crippen molar-refractivity contribution >= 4 is 17.6 Å². The fraction of sp³-hybridized carbons (Fsp3) is 0.278. The third-order valence-electron chi connectivity index (χ3n) is 3.80. The number of nitrogens with one attached hydrogen (secondary N) is 3. The number of aryl methyl sites for hydroxylation is 1. The van der Waals surface area contributed by atoms with Gasteiger partial charge in [0, 0.05) is 30.7 Å². The van der Waals surface area contributed by atoms with E-state index in [9.17, 15) is 9.59 Å². The van der Waals surface area contributed by atoms with Gasteiger partial charge in [-0.05, 0) is 48.7 Å². The number of rotatable bonds is 5. The van der Waals surface area contributed by atoms with E-state index >= 15 is 0 Å². The second kappa shape index (κ2) is 8.10. The van der Waals surface area contributed by atoms with Crippen LogP contribution in [0.15, 0.2) is 42.7 Å². The Morgan fingerprint density at radius 3 is 2.50 bits per heavy atom. The quantitative estimate of drug-likeness (QED) is 0.790. The Labute approximate surface area is 141 Å². The van der Waals surface area contributed by atoms with Crippen molar-refractivity contribution in [3.63, 3.8) is 0 Å². The zero-order valence-electron chi connectivity index (χ0n) is 14.1. The van der Waals surface area contributed by atoms with E-state index in [1.165, 1.54) is 0 Å². The summed E-state index contributed by atoms with van der Waals surface area (Å²) in [6.07, 6.45) is 4.16. The fourth-order valence-corrected chi connectivity index (χ4v) is 2.38. The van der Waals surface area contributed by atoms with E-state index in [0.29, 0.717) is 11.3 Å². The molecule has 3 amide bonds. The summed E-state index contributed by atoms with van der Waals surface area (Å²) in [6, 6.07) is 8.55. The fourth-order valence-electron chi connectivity index (χ4n) is 2.38. The molecule has 0 aliphatic heterocycles. The summed E-state index contributed by atoms with van der Waals surface area (Å²) in [6.45, 7) is 3.88. The molecule has 0 saturated heterocycles. The van der Waals surface area contributed by atoms with Gasteiger partial charge in [-0.25, -0.2) is 4.79 Å². The van der Waals surface area contributed by atoms with Gasteiger partial charge in [0.05, 0.1) is 6.04 Å². The number of anilines is 1. The van der Waals surface area contributed by atoms with Gasteiger partial charge >= 0.3 is 6.03 Å². The molecule has 0 bridgehead atoms. The molecule has 2 aromatic rings. The minimum atomic E-state index is -0.309. The van der Waals surface area contributed by atoms with E-state index in [0.717, 1.165) is 17.5 Å². The van der Waals surface area contributed by atoms with Gasteiger partial charge in [-0.3, -0.25) is 9.78 Å². The van der Waals surface area contributed by atoms with Gasteiger partial charge in [-0.15, -0.1) is 0 Å². The standard InChI is InChI=1S/C18H22N4O2/c1-4-15(13-7-9-20-10-8-13)21-18(24)22-16-11-14(17(23)19-3)6-5-12(16)2/h5-11,15H,4H2,1-3H3,(H,19,23)(H2,21,22,24)/t15-/m0/s1. The number of amides is 3. The summed E-state index contributed by atoms with van der Waals surface area (Å²) in [4.78, 5) is 28.0. The van der Waals surface area contributed by atoms with Gasteiger partial charge in [-0.1, -0.05) is 13.0 Å². The van der Waals surface area contributed by atoms with Crippen LogP contribution >= 0.6 is 0 Å². The van der Waals surface area contributed by atoms with Crippen molar-refractivity contribution in [3.05, 3.63) is 59.4 Å². The molecule has 1 heterocycles. The summed E-state index contributed by atoms with van der Waals surface area (Å²) in [5.41, 5.74) is 2.99. The van der Waals surface area contributed by atoms with Crippen LogP contribution in [-0.4, -0.2) is 24.0 Å². The van der Waals surface area contributed by atoms with Crippen molar-refractivity contribution in [1.29, 1.82) is 0 Å². The first-order chi connectivity index (χ1) is 11.5. The molecule has 1 aromatic heterocycles. The average molecular weight is 326 g/mol. The van der Waals surface area contributed by atoms with Gasteiger partial charge in [0.25, 0.3) is 5.91 Å². The molecule has 3 N–H and O–H groups in total. The van der Waals surface area contributed by atoms with Gasteiger partial charge in [0.2, 0.25) is 0 Å². The Morgan fingerprint density at radius 2 is 1.88 bits per heavy atom. The van der Waals surface area contributed by atoms with Crippen molar-refractivity contribution in [2.75, 3.05) is 12.4 Å². The van der Waals surface area contributed by atoms with E-state index in [2.05, 4.69) is 20.9 Å². The molecule has 0 saturated carbocycles. The lowest BCUT2D eigenvalue weighted by molar-refractivity contribution is 0.0963. The minimum Gasteiger partial charge on any atom is -0.355 e. The molecule has 6 heteroatoms. The number of hydrogen-bond acceptors (Lipinski definition) is 3. The minimum absolute atomic E-state index is 0.101. The molecular formula is C18H22N4O2. The average Bonchev–Trinajstić information content (AvgIpc) is 2.61. The van der Waals surface area contributed by atoms with Crippen LogP contribution in [0.5, 0.6) is 0 Å². The molecule has 2 rings (SSSR count). The largest absolute Gasteiger partial charge is 0.355 e. The Bertz CT molecular complexity index is 716. The molecule has 126 valence electrons. The first kappa shape index (κ1) is 17.5. The normalized spacial score (nSPS) is 11.5. The predicted octanol–water partition coefficient (Wildman–Crippen LogP) is 3.02. The van der Waals surface area contributed by atoms with Crippen LogP contribution in [0.1, 0.15) is 40.9 Å². The van der Waals surface area contributed by atoms with E-state index in [4.69, 9.17) is 0 Å². The molecule has 1 aromatic carbocycles. The summed E-state index contributed by atoms with van der Waals surface area (Å²) in [5.74, 6) is -0.193. The number of carbonyl (C=O) groups is 2. The Kier molecular flexibility index (Phi) is 5.89. The summed E-state index contributed by atoms with van der Waals surface area (Å²) >= 11 is 0. The highest BCUT2D eigenvalue weighted by atomic mass is 16.2. The maximum absolute atomic E-state index is 12.3. The summed E-state index contributed by atoms with van der Waals surface area (Å²) in [7, 11) is 1.57. The van der Waals surface area contributed by atoms with E-state index in [1.807, 2.05) is 26.0 Å². The number of carbonyl (C=O) groups excluding carboxylic acids is 2. The van der Waals surface area contributed by atoms with Crippen LogP contribution in [0.2, 0.25) is 0 Å². The van der Waals surface area contributed by atoms with Crippen LogP contribution in [0.25, 0.3) is 0 Å². The maximum Gasteiger partial charge on any atom is 0.319 e. The Morgan fingerprint density at radius 1 is 1.17 bits per heavy atom. The third kappa shape index (κ3) is 4.32. The third-order valence-corrected chi connectivity index (χ3v) is 3.80. The van der Waals surface area contributed by atoms with Crippen LogP contribution in [-0.2, 0) is 0 Å². The van der Waals surface area contributed by atoms with Crippen molar-refractivity contribution < 1.29 is 9.59 Å². The second-order valence-corrected chi connectivity index (χ2v) is 5.45. The molecule has 24 heavy (non-hydrogen) atoms. The SMILES string of the molecule is CC[C@H](NC(=O)Nc1cc(C(=O)NC)ccc1C)c1ccncc1. The van der Waals surface area contributed by atoms with E-state index in [1.54, 1.807) is 37.6 Å². The Hall–Kier alpha value is -2.89. The summed E-state index contributed by atoms with van der Waals surface area (Å²) < 4.78 is 0. The molecule has 6 nitrogen and oxygen atoms in total. The van der Waals surface area contributed by atoms with Crippen LogP contribution in [0.3, 0.4) is 0 Å². The van der Waals surface area contributed by atoms with Gasteiger partial charge in [0.15, 0.2) is 0 Å². The lowest BCUT2D eigenvalue weighted by atomic mass is 10.1. The lowest BCUT2D eigenvalue weighted by Gasteiger charge is -2.18. The topological polar surface area (TPSA) is 83.1 Å². The highest BCUT2D eigenvalue weighted by Crippen LogP contribution is 2.19. The van der Waals surface area contributed by atoms with Crippen molar-refractivity contribution in [2.45, 2.75) is 26.3 Å². The smallest absolute Gasteiger partial charge is 0.319 e. The first-order valence-electron chi connectivity index (χ1n) is 7.85. The van der Waals surface area contributed by atoms with E-state index < -0.39 is 0 Å². The highest BCUT2D eigenvalue weighted by Gasteiger charge is 2.14. The summed E-state index contributed by atoms with van der Waals surface area (Å²) in [5, 5.41) is 8.33. The number of hydrogen-bond donors (Lipinski definition) is 3. The predicted molar refractivity (Wildman–Crippen MR) is 94.0 cm³/mol. The van der Waals surface area contributed by atoms with Gasteiger partial charge in [-0.2, -0.15) is 0 Å². The molecule has 0 radical (unpaired) electrons. The van der Waals surface area contributed by atoms with Crippen LogP contribution < -0.4 is 16.0 Å². The molecule has 0 aliphatic rings. The van der Waals surface area contributed by atoms with Crippen molar-refractivity contribution in [3.8, 4) is 0 Å². The van der Waals surface area contributed by atoms with E-state index in [-0.39, 0.29) is 18.0 Å². The molecule has 0 fully saturated rings. The second-order valence-electron chi connectivity index (χ2n) is 5.45. The van der Waals surface area contributed by atoms with Crippen LogP contribution in [0, 0.1) is 6.92 Å². The monoisotopic (exact) mass is 326 g/mol. The number of urea groups is 1. The van der Waals surface area contributed by atoms with Gasteiger partial charge < -0.3 is 16.0 Å². The molecule has 0 aliphatic carbocycles. The molecule has 0 unspecified atom stereocenters. The highest BCUT2D eigenvalue weighted by molar-refractivity contribution is 5.97.